The van der Waals surface area contributed by atoms with Crippen LogP contribution >= 0.6 is 0 Å². The molecule has 0 fully saturated rings. The molecule has 0 N–H and O–H groups in total. The molecular weight excluding hydrogens is 562 g/mol. The minimum absolute atomic E-state index is 0.0645. The Morgan fingerprint density at radius 1 is 0.478 bits per heavy atom. The summed E-state index contributed by atoms with van der Waals surface area (Å²) in [5.74, 6) is 2.70. The molecule has 3 heterocycles. The van der Waals surface area contributed by atoms with Gasteiger partial charge in [0.2, 0.25) is 0 Å². The Morgan fingerprint density at radius 3 is 1.76 bits per heavy atom. The summed E-state index contributed by atoms with van der Waals surface area (Å²) < 4.78 is 2.28. The molecule has 0 bridgehead atoms. The maximum absolute atomic E-state index is 5.03. The van der Waals surface area contributed by atoms with Crippen molar-refractivity contribution in [2.45, 2.75) is 19.3 Å². The van der Waals surface area contributed by atoms with Gasteiger partial charge >= 0.3 is 0 Å². The van der Waals surface area contributed by atoms with Crippen molar-refractivity contribution in [3.63, 3.8) is 0 Å². The summed E-state index contributed by atoms with van der Waals surface area (Å²) in [5, 5.41) is 2.45. The van der Waals surface area contributed by atoms with Crippen LogP contribution in [0.25, 0.3) is 72.9 Å². The topological polar surface area (TPSA) is 56.5 Å². The summed E-state index contributed by atoms with van der Waals surface area (Å²) in [5.41, 5.74) is 10.3. The average Bonchev–Trinajstić information content (AvgIpc) is 3.56. The summed E-state index contributed by atoms with van der Waals surface area (Å²) in [4.78, 5) is 19.7. The molecule has 0 atom stereocenters. The first kappa shape index (κ1) is 26.5. The number of nitrogens with zero attached hydrogens (tertiary/aromatic N) is 5. The molecule has 0 saturated heterocycles. The number of fused-ring (bicyclic) bond motifs is 6. The molecule has 8 aromatic rings. The molecule has 46 heavy (non-hydrogen) atoms. The fourth-order valence-corrected chi connectivity index (χ4v) is 7.00. The van der Waals surface area contributed by atoms with Crippen LogP contribution < -0.4 is 0 Å². The fourth-order valence-electron chi connectivity index (χ4n) is 7.00. The smallest absolute Gasteiger partial charge is 0.165 e. The van der Waals surface area contributed by atoms with Crippen LogP contribution in [0.2, 0.25) is 0 Å². The molecule has 9 rings (SSSR count). The summed E-state index contributed by atoms with van der Waals surface area (Å²) in [6, 6.07) is 46.4. The second kappa shape index (κ2) is 10.0. The van der Waals surface area contributed by atoms with Crippen LogP contribution in [0.5, 0.6) is 0 Å². The lowest BCUT2D eigenvalue weighted by molar-refractivity contribution is 0.661. The molecule has 218 valence electrons. The van der Waals surface area contributed by atoms with Crippen LogP contribution in [0.3, 0.4) is 0 Å². The maximum atomic E-state index is 5.03. The number of hydrogen-bond donors (Lipinski definition) is 0. The molecule has 0 saturated carbocycles. The first-order chi connectivity index (χ1) is 22.6. The van der Waals surface area contributed by atoms with E-state index in [4.69, 9.17) is 19.9 Å². The van der Waals surface area contributed by atoms with Crippen molar-refractivity contribution in [2.75, 3.05) is 0 Å². The summed E-state index contributed by atoms with van der Waals surface area (Å²) in [7, 11) is 0. The van der Waals surface area contributed by atoms with E-state index in [1.165, 1.54) is 33.0 Å². The molecule has 1 aliphatic carbocycles. The third kappa shape index (κ3) is 4.02. The van der Waals surface area contributed by atoms with Crippen LogP contribution in [0, 0.1) is 0 Å². The first-order valence-electron chi connectivity index (χ1n) is 15.6. The van der Waals surface area contributed by atoms with E-state index >= 15 is 0 Å². The van der Waals surface area contributed by atoms with Crippen LogP contribution in [0.1, 0.15) is 25.0 Å². The molecule has 0 radical (unpaired) electrons. The minimum Gasteiger partial charge on any atom is -0.294 e. The van der Waals surface area contributed by atoms with E-state index in [1.54, 1.807) is 0 Å². The van der Waals surface area contributed by atoms with E-state index < -0.39 is 0 Å². The molecule has 5 heteroatoms. The van der Waals surface area contributed by atoms with Crippen LogP contribution in [-0.2, 0) is 5.41 Å². The second-order valence-corrected chi connectivity index (χ2v) is 12.4. The Kier molecular flexibility index (Phi) is 5.78. The van der Waals surface area contributed by atoms with Gasteiger partial charge in [-0.15, -0.1) is 0 Å². The number of pyridine rings is 1. The average molecular weight is 592 g/mol. The van der Waals surface area contributed by atoms with Crippen molar-refractivity contribution in [3.05, 3.63) is 151 Å². The van der Waals surface area contributed by atoms with E-state index in [-0.39, 0.29) is 5.41 Å². The molecule has 5 nitrogen and oxygen atoms in total. The van der Waals surface area contributed by atoms with E-state index in [2.05, 4.69) is 91.2 Å². The van der Waals surface area contributed by atoms with Gasteiger partial charge in [0.25, 0.3) is 0 Å². The van der Waals surface area contributed by atoms with Gasteiger partial charge in [-0.1, -0.05) is 117 Å². The third-order valence-electron chi connectivity index (χ3n) is 9.31. The standard InChI is InChI=1S/C41H29N5/c1-41(2)33-19-11-9-17-29(33)31-24-36-32(23-34(31)41)30-18-10-12-20-35(30)46(36)37-22-21-28(25-42-37)40-44-38(26-13-5-3-6-14-26)43-39(45-40)27-15-7-4-8-16-27/h3-25H,1-2H3. The van der Waals surface area contributed by atoms with Gasteiger partial charge in [-0.2, -0.15) is 0 Å². The zero-order valence-corrected chi connectivity index (χ0v) is 25.5. The zero-order chi connectivity index (χ0) is 30.8. The maximum Gasteiger partial charge on any atom is 0.165 e. The number of aromatic nitrogens is 5. The fraction of sp³-hybridized carbons (Fsp3) is 0.0732. The van der Waals surface area contributed by atoms with E-state index in [0.717, 1.165) is 33.5 Å². The highest BCUT2D eigenvalue weighted by molar-refractivity contribution is 6.11. The predicted octanol–water partition coefficient (Wildman–Crippen LogP) is 9.67. The summed E-state index contributed by atoms with van der Waals surface area (Å²) in [6.07, 6.45) is 1.88. The van der Waals surface area contributed by atoms with Gasteiger partial charge < -0.3 is 0 Å². The SMILES string of the molecule is CC1(C)c2ccccc2-c2cc3c(cc21)c1ccccc1n3-c1ccc(-c2nc(-c3ccccc3)nc(-c3ccccc3)n2)cn1. The monoisotopic (exact) mass is 591 g/mol. The third-order valence-corrected chi connectivity index (χ3v) is 9.31. The van der Waals surface area contributed by atoms with Crippen molar-refractivity contribution in [3.8, 4) is 51.1 Å². The summed E-state index contributed by atoms with van der Waals surface area (Å²) >= 11 is 0. The van der Waals surface area contributed by atoms with Crippen molar-refractivity contribution in [2.24, 2.45) is 0 Å². The molecule has 0 unspecified atom stereocenters. The Hall–Kier alpha value is -5.94. The number of para-hydroxylation sites is 1. The Morgan fingerprint density at radius 2 is 1.09 bits per heavy atom. The highest BCUT2D eigenvalue weighted by Gasteiger charge is 2.36. The quantitative estimate of drug-likeness (QED) is 0.204. The molecular formula is C41H29N5. The van der Waals surface area contributed by atoms with E-state index in [1.807, 2.05) is 66.9 Å². The predicted molar refractivity (Wildman–Crippen MR) is 186 cm³/mol. The Labute approximate surface area is 266 Å². The highest BCUT2D eigenvalue weighted by Crippen LogP contribution is 2.50. The van der Waals surface area contributed by atoms with Gasteiger partial charge in [-0.3, -0.25) is 4.57 Å². The lowest BCUT2D eigenvalue weighted by Crippen LogP contribution is -2.14. The lowest BCUT2D eigenvalue weighted by atomic mass is 9.82. The second-order valence-electron chi connectivity index (χ2n) is 12.4. The van der Waals surface area contributed by atoms with Gasteiger partial charge in [-0.05, 0) is 52.6 Å². The van der Waals surface area contributed by atoms with Crippen LogP contribution in [-0.4, -0.2) is 24.5 Å². The number of hydrogen-bond acceptors (Lipinski definition) is 4. The zero-order valence-electron chi connectivity index (χ0n) is 25.5. The molecule has 0 aliphatic heterocycles. The Bertz CT molecular complexity index is 2370. The van der Waals surface area contributed by atoms with Crippen molar-refractivity contribution in [1.82, 2.24) is 24.5 Å². The normalized spacial score (nSPS) is 13.2. The highest BCUT2D eigenvalue weighted by atomic mass is 15.1. The van der Waals surface area contributed by atoms with Gasteiger partial charge in [0, 0.05) is 39.1 Å². The van der Waals surface area contributed by atoms with Gasteiger partial charge in [0.05, 0.1) is 11.0 Å². The molecule has 3 aromatic heterocycles. The Balaban J connectivity index is 1.21. The van der Waals surface area contributed by atoms with Gasteiger partial charge in [0.15, 0.2) is 17.5 Å². The molecule has 0 spiro atoms. The minimum atomic E-state index is -0.0645. The lowest BCUT2D eigenvalue weighted by Gasteiger charge is -2.21. The molecule has 0 amide bonds. The number of rotatable bonds is 4. The van der Waals surface area contributed by atoms with Crippen molar-refractivity contribution >= 4 is 21.8 Å². The largest absolute Gasteiger partial charge is 0.294 e. The van der Waals surface area contributed by atoms with Gasteiger partial charge in [-0.25, -0.2) is 19.9 Å². The van der Waals surface area contributed by atoms with Crippen molar-refractivity contribution in [1.29, 1.82) is 0 Å². The molecule has 5 aromatic carbocycles. The van der Waals surface area contributed by atoms with E-state index in [0.29, 0.717) is 17.5 Å². The van der Waals surface area contributed by atoms with E-state index in [9.17, 15) is 0 Å². The van der Waals surface area contributed by atoms with Gasteiger partial charge in [0.1, 0.15) is 5.82 Å². The van der Waals surface area contributed by atoms with Crippen molar-refractivity contribution < 1.29 is 0 Å². The first-order valence-corrected chi connectivity index (χ1v) is 15.6. The van der Waals surface area contributed by atoms with Crippen LogP contribution in [0.4, 0.5) is 0 Å². The van der Waals surface area contributed by atoms with Crippen LogP contribution in [0.15, 0.2) is 140 Å². The number of benzene rings is 5. The molecule has 1 aliphatic rings. The summed E-state index contributed by atoms with van der Waals surface area (Å²) in [6.45, 7) is 4.66.